The number of aryl methyl sites for hydroxylation is 2. The second-order valence-electron chi connectivity index (χ2n) is 5.82. The van der Waals surface area contributed by atoms with Crippen molar-refractivity contribution in [1.29, 1.82) is 0 Å². The average molecular weight is 341 g/mol. The number of hydrogen-bond donors (Lipinski definition) is 2. The van der Waals surface area contributed by atoms with Crippen molar-refractivity contribution in [3.8, 4) is 0 Å². The fraction of sp³-hybridized carbons (Fsp3) is 0.222. The van der Waals surface area contributed by atoms with Gasteiger partial charge in [0.15, 0.2) is 0 Å². The number of hydrogen-bond acceptors (Lipinski definition) is 3. The van der Waals surface area contributed by atoms with Crippen LogP contribution < -0.4 is 15.5 Å². The molecule has 2 N–H and O–H groups in total. The van der Waals surface area contributed by atoms with Gasteiger partial charge >= 0.3 is 6.03 Å². The molecule has 24 heavy (non-hydrogen) atoms. The van der Waals surface area contributed by atoms with E-state index in [-0.39, 0.29) is 11.9 Å². The summed E-state index contributed by atoms with van der Waals surface area (Å²) in [6.45, 7) is 3.97. The van der Waals surface area contributed by atoms with Crippen molar-refractivity contribution in [2.75, 3.05) is 28.3 Å². The van der Waals surface area contributed by atoms with Crippen molar-refractivity contribution in [1.82, 2.24) is 0 Å². The third kappa shape index (κ3) is 3.38. The Kier molecular flexibility index (Phi) is 4.49. The lowest BCUT2D eigenvalue weighted by molar-refractivity contribution is -0.116. The molecule has 2 aromatic rings. The minimum Gasteiger partial charge on any atom is -0.314 e. The summed E-state index contributed by atoms with van der Waals surface area (Å²) in [5, 5.41) is 5.67. The van der Waals surface area contributed by atoms with E-state index in [1.165, 1.54) is 11.8 Å². The smallest absolute Gasteiger partial charge is 0.314 e. The fourth-order valence-corrected chi connectivity index (χ4v) is 3.57. The minimum absolute atomic E-state index is 0.0596. The topological polar surface area (TPSA) is 61.4 Å². The van der Waals surface area contributed by atoms with Crippen molar-refractivity contribution in [3.63, 3.8) is 0 Å². The molecule has 0 saturated heterocycles. The number of nitrogens with one attached hydrogen (secondary N) is 2. The van der Waals surface area contributed by atoms with E-state index in [1.54, 1.807) is 11.9 Å². The maximum absolute atomic E-state index is 12.2. The highest BCUT2D eigenvalue weighted by atomic mass is 32.2. The van der Waals surface area contributed by atoms with Crippen LogP contribution in [0.25, 0.3) is 0 Å². The van der Waals surface area contributed by atoms with Gasteiger partial charge in [-0.2, -0.15) is 0 Å². The van der Waals surface area contributed by atoms with E-state index >= 15 is 0 Å². The van der Waals surface area contributed by atoms with Crippen molar-refractivity contribution >= 4 is 40.8 Å². The molecule has 5 nitrogen and oxygen atoms in total. The molecule has 0 aliphatic carbocycles. The molecule has 0 bridgehead atoms. The van der Waals surface area contributed by atoms with E-state index in [1.807, 2.05) is 50.2 Å². The lowest BCUT2D eigenvalue weighted by Crippen LogP contribution is -2.31. The highest BCUT2D eigenvalue weighted by Gasteiger charge is 2.21. The Hall–Kier alpha value is -2.47. The molecular formula is C18H19N3O2S. The number of urea groups is 1. The number of benzene rings is 2. The summed E-state index contributed by atoms with van der Waals surface area (Å²) in [7, 11) is 1.75. The maximum atomic E-state index is 12.2. The van der Waals surface area contributed by atoms with Crippen LogP contribution in [0.5, 0.6) is 0 Å². The zero-order valence-electron chi connectivity index (χ0n) is 13.8. The van der Waals surface area contributed by atoms with Gasteiger partial charge in [0.25, 0.3) is 0 Å². The number of carbonyl (C=O) groups excluding carboxylic acids is 2. The Morgan fingerprint density at radius 2 is 1.92 bits per heavy atom. The quantitative estimate of drug-likeness (QED) is 0.867. The monoisotopic (exact) mass is 341 g/mol. The standard InChI is InChI=1S/C18H19N3O2S/c1-11-4-6-14(12(2)8-11)20-18(23)19-13-5-7-16-15(9-13)21(3)17(22)10-24-16/h4-9H,10H2,1-3H3,(H2,19,20,23). The Bertz CT molecular complexity index is 820. The van der Waals surface area contributed by atoms with E-state index in [9.17, 15) is 9.59 Å². The SMILES string of the molecule is Cc1ccc(NC(=O)Nc2ccc3c(c2)N(C)C(=O)CS3)c(C)c1. The van der Waals surface area contributed by atoms with Crippen LogP contribution in [0.15, 0.2) is 41.3 Å². The summed E-state index contributed by atoms with van der Waals surface area (Å²) < 4.78 is 0. The summed E-state index contributed by atoms with van der Waals surface area (Å²) in [5.41, 5.74) is 4.41. The van der Waals surface area contributed by atoms with Gasteiger partial charge in [0.1, 0.15) is 0 Å². The van der Waals surface area contributed by atoms with E-state index in [0.717, 1.165) is 27.4 Å². The predicted octanol–water partition coefficient (Wildman–Crippen LogP) is 4.02. The maximum Gasteiger partial charge on any atom is 0.323 e. The van der Waals surface area contributed by atoms with Crippen molar-refractivity contribution < 1.29 is 9.59 Å². The van der Waals surface area contributed by atoms with Crippen LogP contribution in [0.3, 0.4) is 0 Å². The molecule has 3 amide bonds. The van der Waals surface area contributed by atoms with Crippen LogP contribution in [-0.4, -0.2) is 24.7 Å². The Balaban J connectivity index is 1.74. The Morgan fingerprint density at radius 1 is 1.12 bits per heavy atom. The normalized spacial score (nSPS) is 13.5. The lowest BCUT2D eigenvalue weighted by Gasteiger charge is -2.25. The summed E-state index contributed by atoms with van der Waals surface area (Å²) in [6, 6.07) is 11.2. The molecule has 124 valence electrons. The van der Waals surface area contributed by atoms with Gasteiger partial charge in [-0.15, -0.1) is 11.8 Å². The van der Waals surface area contributed by atoms with Gasteiger partial charge in [-0.3, -0.25) is 4.79 Å². The molecule has 1 heterocycles. The molecule has 1 aliphatic rings. The van der Waals surface area contributed by atoms with Gasteiger partial charge in [0.2, 0.25) is 5.91 Å². The molecule has 2 aromatic carbocycles. The minimum atomic E-state index is -0.306. The van der Waals surface area contributed by atoms with Gasteiger partial charge in [0, 0.05) is 23.3 Å². The first-order valence-corrected chi connectivity index (χ1v) is 8.61. The first kappa shape index (κ1) is 16.4. The molecule has 0 unspecified atom stereocenters. The number of anilines is 3. The second kappa shape index (κ2) is 6.57. The molecule has 0 atom stereocenters. The van der Waals surface area contributed by atoms with Crippen LogP contribution in [0.4, 0.5) is 21.9 Å². The molecule has 3 rings (SSSR count). The van der Waals surface area contributed by atoms with Gasteiger partial charge in [-0.05, 0) is 43.7 Å². The van der Waals surface area contributed by atoms with Crippen LogP contribution >= 0.6 is 11.8 Å². The first-order valence-electron chi connectivity index (χ1n) is 7.63. The van der Waals surface area contributed by atoms with Crippen LogP contribution in [0.2, 0.25) is 0 Å². The Morgan fingerprint density at radius 3 is 2.67 bits per heavy atom. The molecule has 0 fully saturated rings. The molecular weight excluding hydrogens is 322 g/mol. The molecule has 0 aromatic heterocycles. The molecule has 1 aliphatic heterocycles. The first-order chi connectivity index (χ1) is 11.4. The summed E-state index contributed by atoms with van der Waals surface area (Å²) >= 11 is 1.51. The molecule has 0 saturated carbocycles. The molecule has 0 radical (unpaired) electrons. The summed E-state index contributed by atoms with van der Waals surface area (Å²) in [5.74, 6) is 0.507. The van der Waals surface area contributed by atoms with E-state index in [2.05, 4.69) is 10.6 Å². The zero-order chi connectivity index (χ0) is 17.3. The summed E-state index contributed by atoms with van der Waals surface area (Å²) in [4.78, 5) is 26.7. The highest BCUT2D eigenvalue weighted by molar-refractivity contribution is 8.00. The van der Waals surface area contributed by atoms with Gasteiger partial charge in [0.05, 0.1) is 11.4 Å². The van der Waals surface area contributed by atoms with Crippen LogP contribution in [-0.2, 0) is 4.79 Å². The van der Waals surface area contributed by atoms with Crippen molar-refractivity contribution in [3.05, 3.63) is 47.5 Å². The van der Waals surface area contributed by atoms with Crippen molar-refractivity contribution in [2.45, 2.75) is 18.7 Å². The highest BCUT2D eigenvalue weighted by Crippen LogP contribution is 2.36. The van der Waals surface area contributed by atoms with Gasteiger partial charge in [-0.25, -0.2) is 4.79 Å². The average Bonchev–Trinajstić information content (AvgIpc) is 2.54. The number of carbonyl (C=O) groups is 2. The van der Waals surface area contributed by atoms with Crippen LogP contribution in [0.1, 0.15) is 11.1 Å². The second-order valence-corrected chi connectivity index (χ2v) is 6.84. The largest absolute Gasteiger partial charge is 0.323 e. The molecule has 0 spiro atoms. The zero-order valence-corrected chi connectivity index (χ0v) is 14.7. The van der Waals surface area contributed by atoms with Crippen LogP contribution in [0, 0.1) is 13.8 Å². The van der Waals surface area contributed by atoms with Gasteiger partial charge in [-0.1, -0.05) is 17.7 Å². The number of fused-ring (bicyclic) bond motifs is 1. The lowest BCUT2D eigenvalue weighted by atomic mass is 10.1. The third-order valence-corrected chi connectivity index (χ3v) is 4.98. The van der Waals surface area contributed by atoms with E-state index < -0.39 is 0 Å². The third-order valence-electron chi connectivity index (χ3n) is 3.93. The van der Waals surface area contributed by atoms with Gasteiger partial charge < -0.3 is 15.5 Å². The predicted molar refractivity (Wildman–Crippen MR) is 99.1 cm³/mol. The number of rotatable bonds is 2. The number of thioether (sulfide) groups is 1. The fourth-order valence-electron chi connectivity index (χ4n) is 2.59. The summed E-state index contributed by atoms with van der Waals surface area (Å²) in [6.07, 6.45) is 0. The molecule has 6 heteroatoms. The number of amides is 3. The van der Waals surface area contributed by atoms with E-state index in [4.69, 9.17) is 0 Å². The Labute approximate surface area is 145 Å². The van der Waals surface area contributed by atoms with E-state index in [0.29, 0.717) is 11.4 Å². The number of nitrogens with zero attached hydrogens (tertiary/aromatic N) is 1. The van der Waals surface area contributed by atoms with Crippen molar-refractivity contribution in [2.24, 2.45) is 0 Å².